The minimum absolute atomic E-state index is 0.374. The molecular formula is C10H7ClFN. The molecule has 0 aromatic heterocycles. The van der Waals surface area contributed by atoms with Crippen LogP contribution in [-0.2, 0) is 0 Å². The lowest BCUT2D eigenvalue weighted by Crippen LogP contribution is -1.88. The van der Waals surface area contributed by atoms with Crippen molar-refractivity contribution in [2.45, 2.75) is 0 Å². The summed E-state index contributed by atoms with van der Waals surface area (Å²) < 4.78 is 13.3. The number of halogens is 2. The van der Waals surface area contributed by atoms with Crippen molar-refractivity contribution in [1.29, 1.82) is 0 Å². The lowest BCUT2D eigenvalue weighted by molar-refractivity contribution is 0.640. The molecule has 0 heterocycles. The van der Waals surface area contributed by atoms with Gasteiger partial charge in [0.1, 0.15) is 5.82 Å². The van der Waals surface area contributed by atoms with Crippen molar-refractivity contribution in [2.75, 3.05) is 5.73 Å². The minimum atomic E-state index is -0.374. The molecule has 3 heteroatoms. The highest BCUT2D eigenvalue weighted by Crippen LogP contribution is 2.27. The maximum Gasteiger partial charge on any atom is 0.134 e. The number of hydrogen-bond acceptors (Lipinski definition) is 1. The number of hydrogen-bond donors (Lipinski definition) is 1. The van der Waals surface area contributed by atoms with Crippen LogP contribution in [0.15, 0.2) is 30.3 Å². The fourth-order valence-electron chi connectivity index (χ4n) is 1.35. The van der Waals surface area contributed by atoms with Gasteiger partial charge < -0.3 is 5.73 Å². The molecule has 2 aromatic carbocycles. The lowest BCUT2D eigenvalue weighted by Gasteiger charge is -2.02. The summed E-state index contributed by atoms with van der Waals surface area (Å²) in [6.07, 6.45) is 0. The summed E-state index contributed by atoms with van der Waals surface area (Å²) in [6, 6.07) is 8.17. The van der Waals surface area contributed by atoms with Crippen molar-refractivity contribution in [3.8, 4) is 0 Å². The van der Waals surface area contributed by atoms with Crippen LogP contribution in [0.5, 0.6) is 0 Å². The monoisotopic (exact) mass is 195 g/mol. The van der Waals surface area contributed by atoms with Gasteiger partial charge in [0.05, 0.1) is 5.02 Å². The molecule has 0 spiro atoms. The number of nitrogen functional groups attached to an aromatic ring is 1. The van der Waals surface area contributed by atoms with Gasteiger partial charge in [0.25, 0.3) is 0 Å². The second-order valence-corrected chi connectivity index (χ2v) is 3.25. The van der Waals surface area contributed by atoms with Crippen molar-refractivity contribution in [2.24, 2.45) is 0 Å². The molecule has 2 rings (SSSR count). The van der Waals surface area contributed by atoms with Crippen LogP contribution in [-0.4, -0.2) is 0 Å². The molecule has 0 radical (unpaired) electrons. The SMILES string of the molecule is Nc1cc(F)c2c(Cl)cccc2c1. The van der Waals surface area contributed by atoms with Gasteiger partial charge in [0.15, 0.2) is 0 Å². The number of nitrogens with two attached hydrogens (primary N) is 1. The van der Waals surface area contributed by atoms with Gasteiger partial charge in [-0.05, 0) is 23.6 Å². The quantitative estimate of drug-likeness (QED) is 0.642. The second kappa shape index (κ2) is 2.89. The summed E-state index contributed by atoms with van der Waals surface area (Å²) in [5.41, 5.74) is 5.90. The zero-order valence-corrected chi connectivity index (χ0v) is 7.48. The van der Waals surface area contributed by atoms with Gasteiger partial charge >= 0.3 is 0 Å². The molecule has 0 saturated carbocycles. The topological polar surface area (TPSA) is 26.0 Å². The fraction of sp³-hybridized carbons (Fsp3) is 0. The van der Waals surface area contributed by atoms with Crippen LogP contribution < -0.4 is 5.73 Å². The predicted octanol–water partition coefficient (Wildman–Crippen LogP) is 3.21. The molecule has 0 fully saturated rings. The van der Waals surface area contributed by atoms with Gasteiger partial charge in [-0.2, -0.15) is 0 Å². The van der Waals surface area contributed by atoms with Crippen LogP contribution >= 0.6 is 11.6 Å². The molecule has 13 heavy (non-hydrogen) atoms. The van der Waals surface area contributed by atoms with Crippen LogP contribution in [0, 0.1) is 5.82 Å². The first-order chi connectivity index (χ1) is 6.18. The standard InChI is InChI=1S/C10H7ClFN/c11-8-3-1-2-6-4-7(13)5-9(12)10(6)8/h1-5H,13H2. The Kier molecular flexibility index (Phi) is 1.85. The van der Waals surface area contributed by atoms with E-state index in [9.17, 15) is 4.39 Å². The molecule has 0 aliphatic heterocycles. The van der Waals surface area contributed by atoms with Gasteiger partial charge in [-0.25, -0.2) is 4.39 Å². The molecule has 0 amide bonds. The number of fused-ring (bicyclic) bond motifs is 1. The highest BCUT2D eigenvalue weighted by molar-refractivity contribution is 6.35. The Morgan fingerprint density at radius 1 is 1.23 bits per heavy atom. The highest BCUT2D eigenvalue weighted by Gasteiger charge is 2.05. The van der Waals surface area contributed by atoms with E-state index in [1.807, 2.05) is 0 Å². The Morgan fingerprint density at radius 2 is 2.00 bits per heavy atom. The molecule has 66 valence electrons. The zero-order valence-electron chi connectivity index (χ0n) is 6.72. The van der Waals surface area contributed by atoms with E-state index in [0.717, 1.165) is 5.39 Å². The molecule has 0 bridgehead atoms. The van der Waals surface area contributed by atoms with Crippen molar-refractivity contribution < 1.29 is 4.39 Å². The molecule has 1 nitrogen and oxygen atoms in total. The smallest absolute Gasteiger partial charge is 0.134 e. The summed E-state index contributed by atoms with van der Waals surface area (Å²) in [6.45, 7) is 0. The van der Waals surface area contributed by atoms with Crippen LogP contribution in [0.3, 0.4) is 0 Å². The molecule has 2 N–H and O–H groups in total. The van der Waals surface area contributed by atoms with E-state index in [1.54, 1.807) is 24.3 Å². The summed E-state index contributed by atoms with van der Waals surface area (Å²) in [4.78, 5) is 0. The van der Waals surface area contributed by atoms with Gasteiger partial charge in [0, 0.05) is 11.1 Å². The molecule has 2 aromatic rings. The van der Waals surface area contributed by atoms with Crippen LogP contribution in [0.2, 0.25) is 5.02 Å². The Bertz CT molecular complexity index is 468. The molecule has 0 atom stereocenters. The van der Waals surface area contributed by atoms with Crippen LogP contribution in [0.25, 0.3) is 10.8 Å². The lowest BCUT2D eigenvalue weighted by atomic mass is 10.1. The molecule has 0 unspecified atom stereocenters. The highest BCUT2D eigenvalue weighted by atomic mass is 35.5. The van der Waals surface area contributed by atoms with Crippen LogP contribution in [0.4, 0.5) is 10.1 Å². The number of rotatable bonds is 0. The van der Waals surface area contributed by atoms with Crippen molar-refractivity contribution in [1.82, 2.24) is 0 Å². The van der Waals surface area contributed by atoms with Crippen molar-refractivity contribution in [3.05, 3.63) is 41.2 Å². The first kappa shape index (κ1) is 8.32. The number of anilines is 1. The average Bonchev–Trinajstić information content (AvgIpc) is 2.02. The molecule has 0 saturated heterocycles. The third-order valence-corrected chi connectivity index (χ3v) is 2.22. The normalized spacial score (nSPS) is 10.6. The van der Waals surface area contributed by atoms with E-state index in [4.69, 9.17) is 17.3 Å². The Hall–Kier alpha value is -1.28. The summed E-state index contributed by atoms with van der Waals surface area (Å²) in [7, 11) is 0. The summed E-state index contributed by atoms with van der Waals surface area (Å²) in [5, 5.41) is 1.57. The minimum Gasteiger partial charge on any atom is -0.399 e. The fourth-order valence-corrected chi connectivity index (χ4v) is 1.62. The van der Waals surface area contributed by atoms with Crippen LogP contribution in [0.1, 0.15) is 0 Å². The molecule has 0 aliphatic carbocycles. The Balaban J connectivity index is 2.94. The number of benzene rings is 2. The molecular weight excluding hydrogens is 189 g/mol. The Labute approximate surface area is 79.9 Å². The van der Waals surface area contributed by atoms with Gasteiger partial charge in [-0.3, -0.25) is 0 Å². The van der Waals surface area contributed by atoms with E-state index in [0.29, 0.717) is 16.1 Å². The second-order valence-electron chi connectivity index (χ2n) is 2.84. The largest absolute Gasteiger partial charge is 0.399 e. The maximum atomic E-state index is 13.3. The first-order valence-electron chi connectivity index (χ1n) is 3.82. The van der Waals surface area contributed by atoms with E-state index >= 15 is 0 Å². The van der Waals surface area contributed by atoms with E-state index in [-0.39, 0.29) is 5.82 Å². The first-order valence-corrected chi connectivity index (χ1v) is 4.19. The summed E-state index contributed by atoms with van der Waals surface area (Å²) in [5.74, 6) is -0.374. The maximum absolute atomic E-state index is 13.3. The van der Waals surface area contributed by atoms with E-state index in [1.165, 1.54) is 6.07 Å². The third kappa shape index (κ3) is 1.33. The van der Waals surface area contributed by atoms with E-state index < -0.39 is 0 Å². The van der Waals surface area contributed by atoms with Gasteiger partial charge in [-0.1, -0.05) is 23.7 Å². The Morgan fingerprint density at radius 3 is 2.77 bits per heavy atom. The van der Waals surface area contributed by atoms with Crippen molar-refractivity contribution in [3.63, 3.8) is 0 Å². The summed E-state index contributed by atoms with van der Waals surface area (Å²) >= 11 is 5.83. The zero-order chi connectivity index (χ0) is 9.42. The van der Waals surface area contributed by atoms with E-state index in [2.05, 4.69) is 0 Å². The third-order valence-electron chi connectivity index (χ3n) is 1.90. The molecule has 0 aliphatic rings. The predicted molar refractivity (Wildman–Crippen MR) is 53.3 cm³/mol. The van der Waals surface area contributed by atoms with Gasteiger partial charge in [-0.15, -0.1) is 0 Å². The van der Waals surface area contributed by atoms with Crippen molar-refractivity contribution >= 4 is 28.1 Å². The van der Waals surface area contributed by atoms with Gasteiger partial charge in [0.2, 0.25) is 0 Å². The average molecular weight is 196 g/mol.